The Bertz CT molecular complexity index is 749. The smallest absolute Gasteiger partial charge is 0.310 e. The van der Waals surface area contributed by atoms with Gasteiger partial charge in [0.1, 0.15) is 0 Å². The molecule has 2 rings (SSSR count). The number of hydrogen-bond acceptors (Lipinski definition) is 5. The number of nitrogens with one attached hydrogen (secondary N) is 1. The zero-order chi connectivity index (χ0) is 16.7. The number of hydrazone groups is 1. The van der Waals surface area contributed by atoms with Gasteiger partial charge in [-0.1, -0.05) is 30.3 Å². The van der Waals surface area contributed by atoms with E-state index in [2.05, 4.69) is 33.1 Å². The predicted molar refractivity (Wildman–Crippen MR) is 93.5 cm³/mol. The summed E-state index contributed by atoms with van der Waals surface area (Å²) in [5, 5.41) is 14.7. The van der Waals surface area contributed by atoms with Gasteiger partial charge in [0.25, 0.3) is 5.91 Å². The number of carbonyl (C=O) groups is 1. The van der Waals surface area contributed by atoms with Gasteiger partial charge in [-0.25, -0.2) is 5.43 Å². The average Bonchev–Trinajstić information content (AvgIpc) is 2.55. The second-order valence-electron chi connectivity index (χ2n) is 4.33. The van der Waals surface area contributed by atoms with Gasteiger partial charge >= 0.3 is 5.69 Å². The Hall–Kier alpha value is -2.49. The van der Waals surface area contributed by atoms with Gasteiger partial charge in [-0.3, -0.25) is 14.9 Å². The zero-order valence-corrected chi connectivity index (χ0v) is 14.0. The number of rotatable bonds is 6. The van der Waals surface area contributed by atoms with E-state index in [1.807, 2.05) is 24.3 Å². The Morgan fingerprint density at radius 3 is 2.70 bits per heavy atom. The Morgan fingerprint density at radius 1 is 1.26 bits per heavy atom. The van der Waals surface area contributed by atoms with Crippen LogP contribution in [0.2, 0.25) is 0 Å². The zero-order valence-electron chi connectivity index (χ0n) is 11.8. The van der Waals surface area contributed by atoms with Crippen LogP contribution in [0.3, 0.4) is 0 Å². The average molecular weight is 425 g/mol. The van der Waals surface area contributed by atoms with Crippen LogP contribution in [0.15, 0.2) is 53.6 Å². The van der Waals surface area contributed by atoms with Crippen LogP contribution in [0.4, 0.5) is 5.69 Å². The summed E-state index contributed by atoms with van der Waals surface area (Å²) in [5.74, 6) is -0.473. The standard InChI is InChI=1S/C15H12IN3O4/c16-12-6-2-1-5-11(12)9-17-18-15(20)10-23-14-8-4-3-7-13(14)19(21)22/h1-9H,10H2,(H,18,20)/b17-9+. The molecule has 118 valence electrons. The first-order valence-corrected chi connectivity index (χ1v) is 7.58. The van der Waals surface area contributed by atoms with E-state index in [4.69, 9.17) is 4.74 Å². The van der Waals surface area contributed by atoms with Crippen molar-refractivity contribution in [2.75, 3.05) is 6.61 Å². The molecule has 0 aliphatic heterocycles. The Morgan fingerprint density at radius 2 is 1.96 bits per heavy atom. The summed E-state index contributed by atoms with van der Waals surface area (Å²) in [4.78, 5) is 21.9. The fourth-order valence-electron chi connectivity index (χ4n) is 1.66. The lowest BCUT2D eigenvalue weighted by molar-refractivity contribution is -0.385. The van der Waals surface area contributed by atoms with E-state index in [9.17, 15) is 14.9 Å². The molecule has 23 heavy (non-hydrogen) atoms. The number of ether oxygens (including phenoxy) is 1. The van der Waals surface area contributed by atoms with E-state index < -0.39 is 10.8 Å². The molecule has 2 aromatic rings. The van der Waals surface area contributed by atoms with Crippen molar-refractivity contribution >= 4 is 40.4 Å². The molecule has 0 atom stereocenters. The van der Waals surface area contributed by atoms with Gasteiger partial charge in [0, 0.05) is 15.2 Å². The maximum atomic E-state index is 11.7. The molecule has 2 aromatic carbocycles. The number of hydrogen-bond donors (Lipinski definition) is 1. The van der Waals surface area contributed by atoms with E-state index >= 15 is 0 Å². The van der Waals surface area contributed by atoms with Crippen LogP contribution < -0.4 is 10.2 Å². The second-order valence-corrected chi connectivity index (χ2v) is 5.49. The van der Waals surface area contributed by atoms with E-state index in [-0.39, 0.29) is 18.0 Å². The Kier molecular flexibility index (Phi) is 6.03. The van der Waals surface area contributed by atoms with Crippen molar-refractivity contribution in [3.8, 4) is 5.75 Å². The first-order valence-electron chi connectivity index (χ1n) is 6.50. The van der Waals surface area contributed by atoms with Gasteiger partial charge in [-0.05, 0) is 34.7 Å². The summed E-state index contributed by atoms with van der Waals surface area (Å²) in [7, 11) is 0. The maximum Gasteiger partial charge on any atom is 0.310 e. The SMILES string of the molecule is O=C(COc1ccccc1[N+](=O)[O-])N/N=C/c1ccccc1I. The van der Waals surface area contributed by atoms with Crippen molar-refractivity contribution in [1.82, 2.24) is 5.43 Å². The molecular formula is C15H12IN3O4. The highest BCUT2D eigenvalue weighted by Gasteiger charge is 2.14. The van der Waals surface area contributed by atoms with Crippen LogP contribution >= 0.6 is 22.6 Å². The molecule has 0 aromatic heterocycles. The second kappa shape index (κ2) is 8.22. The third kappa shape index (κ3) is 5.02. The fraction of sp³-hybridized carbons (Fsp3) is 0.0667. The summed E-state index contributed by atoms with van der Waals surface area (Å²) >= 11 is 2.16. The van der Waals surface area contributed by atoms with Crippen LogP contribution in [-0.2, 0) is 4.79 Å². The number of nitrogens with zero attached hydrogens (tertiary/aromatic N) is 2. The third-order valence-corrected chi connectivity index (χ3v) is 3.70. The Balaban J connectivity index is 1.89. The number of amides is 1. The van der Waals surface area contributed by atoms with Gasteiger partial charge in [0.2, 0.25) is 0 Å². The van der Waals surface area contributed by atoms with Gasteiger partial charge in [-0.2, -0.15) is 5.10 Å². The van der Waals surface area contributed by atoms with Crippen molar-refractivity contribution in [2.45, 2.75) is 0 Å². The molecule has 7 nitrogen and oxygen atoms in total. The quantitative estimate of drug-likeness (QED) is 0.333. The molecule has 0 unspecified atom stereocenters. The number of halogens is 1. The molecule has 0 aliphatic carbocycles. The van der Waals surface area contributed by atoms with E-state index in [0.717, 1.165) is 9.13 Å². The summed E-state index contributed by atoms with van der Waals surface area (Å²) in [6.45, 7) is -0.367. The molecule has 0 saturated carbocycles. The van der Waals surface area contributed by atoms with Gasteiger partial charge in [0.15, 0.2) is 12.4 Å². The van der Waals surface area contributed by atoms with Crippen molar-refractivity contribution < 1.29 is 14.5 Å². The largest absolute Gasteiger partial charge is 0.477 e. The van der Waals surface area contributed by atoms with Crippen LogP contribution in [0.25, 0.3) is 0 Å². The summed E-state index contributed by atoms with van der Waals surface area (Å²) in [6, 6.07) is 13.4. The lowest BCUT2D eigenvalue weighted by Crippen LogP contribution is -2.24. The minimum Gasteiger partial charge on any atom is -0.477 e. The molecule has 1 N–H and O–H groups in total. The Labute approximate surface area is 145 Å². The van der Waals surface area contributed by atoms with Crippen LogP contribution in [0.1, 0.15) is 5.56 Å². The minimum absolute atomic E-state index is 0.0363. The predicted octanol–water partition coefficient (Wildman–Crippen LogP) is 2.73. The van der Waals surface area contributed by atoms with Gasteiger partial charge < -0.3 is 4.74 Å². The highest BCUT2D eigenvalue weighted by atomic mass is 127. The number of nitro groups is 1. The molecule has 1 amide bonds. The van der Waals surface area contributed by atoms with E-state index in [1.54, 1.807) is 6.07 Å². The first kappa shape index (κ1) is 16.9. The minimum atomic E-state index is -0.567. The summed E-state index contributed by atoms with van der Waals surface area (Å²) in [6.07, 6.45) is 1.52. The summed E-state index contributed by atoms with van der Waals surface area (Å²) in [5.41, 5.74) is 2.99. The lowest BCUT2D eigenvalue weighted by Gasteiger charge is -2.05. The van der Waals surface area contributed by atoms with Crippen LogP contribution in [0.5, 0.6) is 5.75 Å². The number of para-hydroxylation sites is 2. The molecule has 0 spiro atoms. The number of nitro benzene ring substituents is 1. The molecule has 8 heteroatoms. The number of carbonyl (C=O) groups excluding carboxylic acids is 1. The van der Waals surface area contributed by atoms with Crippen molar-refractivity contribution in [2.24, 2.45) is 5.10 Å². The van der Waals surface area contributed by atoms with Crippen LogP contribution in [0, 0.1) is 13.7 Å². The van der Waals surface area contributed by atoms with Crippen molar-refractivity contribution in [3.05, 3.63) is 67.8 Å². The number of benzene rings is 2. The molecular weight excluding hydrogens is 413 g/mol. The van der Waals surface area contributed by atoms with Crippen LogP contribution in [-0.4, -0.2) is 23.7 Å². The maximum absolute atomic E-state index is 11.7. The summed E-state index contributed by atoms with van der Waals surface area (Å²) < 4.78 is 6.16. The first-order chi connectivity index (χ1) is 11.1. The highest BCUT2D eigenvalue weighted by Crippen LogP contribution is 2.25. The normalized spacial score (nSPS) is 10.5. The van der Waals surface area contributed by atoms with Crippen molar-refractivity contribution in [1.29, 1.82) is 0 Å². The fourth-order valence-corrected chi connectivity index (χ4v) is 2.19. The molecule has 0 fully saturated rings. The lowest BCUT2D eigenvalue weighted by atomic mass is 10.2. The molecule has 0 radical (unpaired) electrons. The molecule has 0 bridgehead atoms. The third-order valence-electron chi connectivity index (χ3n) is 2.72. The van der Waals surface area contributed by atoms with Gasteiger partial charge in [-0.15, -0.1) is 0 Å². The van der Waals surface area contributed by atoms with E-state index in [1.165, 1.54) is 24.4 Å². The topological polar surface area (TPSA) is 93.8 Å². The molecule has 0 aliphatic rings. The molecule has 0 saturated heterocycles. The van der Waals surface area contributed by atoms with E-state index in [0.29, 0.717) is 0 Å². The van der Waals surface area contributed by atoms with Crippen molar-refractivity contribution in [3.63, 3.8) is 0 Å². The monoisotopic (exact) mass is 425 g/mol. The highest BCUT2D eigenvalue weighted by molar-refractivity contribution is 14.1. The molecule has 0 heterocycles. The van der Waals surface area contributed by atoms with Gasteiger partial charge in [0.05, 0.1) is 11.1 Å².